The van der Waals surface area contributed by atoms with Crippen LogP contribution >= 0.6 is 0 Å². The van der Waals surface area contributed by atoms with Crippen LogP contribution in [0.4, 0.5) is 18.9 Å². The molecular weight excluding hydrogens is 287 g/mol. The fraction of sp³-hybridized carbons (Fsp3) is 0.462. The van der Waals surface area contributed by atoms with E-state index in [-0.39, 0.29) is 12.2 Å². The zero-order valence-corrected chi connectivity index (χ0v) is 11.2. The minimum atomic E-state index is -4.58. The van der Waals surface area contributed by atoms with Crippen LogP contribution in [-0.2, 0) is 10.9 Å². The number of anilines is 1. The molecule has 1 saturated heterocycles. The maximum absolute atomic E-state index is 13.1. The van der Waals surface area contributed by atoms with Gasteiger partial charge in [0, 0.05) is 24.3 Å². The number of aliphatic hydroxyl groups is 1. The normalized spacial score (nSPS) is 19.6. The van der Waals surface area contributed by atoms with E-state index in [1.54, 1.807) is 4.90 Å². The van der Waals surface area contributed by atoms with Crippen molar-refractivity contribution in [1.29, 1.82) is 5.41 Å². The molecule has 1 aliphatic heterocycles. The zero-order chi connectivity index (χ0) is 15.6. The number of nitrogens with zero attached hydrogens (tertiary/aromatic N) is 1. The van der Waals surface area contributed by atoms with Crippen molar-refractivity contribution in [2.45, 2.75) is 12.3 Å². The molecule has 0 saturated carbocycles. The van der Waals surface area contributed by atoms with E-state index in [9.17, 15) is 13.2 Å². The first kappa shape index (κ1) is 15.6. The predicted molar refractivity (Wildman–Crippen MR) is 71.5 cm³/mol. The van der Waals surface area contributed by atoms with Gasteiger partial charge in [0.2, 0.25) is 0 Å². The van der Waals surface area contributed by atoms with Gasteiger partial charge in [-0.25, -0.2) is 0 Å². The molecule has 5 nitrogen and oxygen atoms in total. The molecule has 4 N–H and O–H groups in total. The van der Waals surface area contributed by atoms with Crippen molar-refractivity contribution in [2.24, 2.45) is 5.73 Å². The fourth-order valence-electron chi connectivity index (χ4n) is 2.26. The van der Waals surface area contributed by atoms with Crippen molar-refractivity contribution < 1.29 is 23.0 Å². The maximum atomic E-state index is 13.1. The molecule has 116 valence electrons. The van der Waals surface area contributed by atoms with E-state index in [2.05, 4.69) is 0 Å². The molecule has 0 bridgehead atoms. The number of amidine groups is 1. The first-order chi connectivity index (χ1) is 9.82. The lowest BCUT2D eigenvalue weighted by Crippen LogP contribution is -2.44. The van der Waals surface area contributed by atoms with Crippen molar-refractivity contribution in [1.82, 2.24) is 0 Å². The van der Waals surface area contributed by atoms with Gasteiger partial charge in [-0.15, -0.1) is 0 Å². The predicted octanol–water partition coefficient (Wildman–Crippen LogP) is 1.19. The average Bonchev–Trinajstić information content (AvgIpc) is 2.45. The van der Waals surface area contributed by atoms with Crippen molar-refractivity contribution in [2.75, 3.05) is 31.2 Å². The van der Waals surface area contributed by atoms with Crippen molar-refractivity contribution in [3.63, 3.8) is 0 Å². The van der Waals surface area contributed by atoms with E-state index in [1.165, 1.54) is 12.1 Å². The number of rotatable bonds is 3. The van der Waals surface area contributed by atoms with Crippen LogP contribution in [0.15, 0.2) is 18.2 Å². The summed E-state index contributed by atoms with van der Waals surface area (Å²) in [5.74, 6) is -0.621. The highest BCUT2D eigenvalue weighted by atomic mass is 19.4. The summed E-state index contributed by atoms with van der Waals surface area (Å²) in [5, 5.41) is 16.3. The quantitative estimate of drug-likeness (QED) is 0.578. The third-order valence-corrected chi connectivity index (χ3v) is 3.31. The number of hydrogen-bond donors (Lipinski definition) is 3. The standard InChI is InChI=1S/C13H16F3N3O2/c14-13(15,16)11-5-8(1-2-10(11)12(17)18)19-3-4-21-9(6-19)7-20/h1-2,5,9,20H,3-4,6-7H2,(H3,17,18). The van der Waals surface area contributed by atoms with Crippen molar-refractivity contribution in [3.05, 3.63) is 29.3 Å². The van der Waals surface area contributed by atoms with E-state index < -0.39 is 23.7 Å². The van der Waals surface area contributed by atoms with Crippen molar-refractivity contribution in [3.8, 4) is 0 Å². The molecule has 1 atom stereocenters. The molecule has 1 aliphatic rings. The van der Waals surface area contributed by atoms with E-state index in [4.69, 9.17) is 21.0 Å². The van der Waals surface area contributed by atoms with E-state index in [1.807, 2.05) is 0 Å². The molecule has 0 aromatic heterocycles. The summed E-state index contributed by atoms with van der Waals surface area (Å²) in [6.07, 6.45) is -5.00. The second-order valence-corrected chi connectivity index (χ2v) is 4.76. The van der Waals surface area contributed by atoms with E-state index in [0.29, 0.717) is 25.4 Å². The van der Waals surface area contributed by atoms with Gasteiger partial charge in [-0.1, -0.05) is 0 Å². The number of halogens is 3. The number of alkyl halides is 3. The zero-order valence-electron chi connectivity index (χ0n) is 11.2. The molecule has 8 heteroatoms. The summed E-state index contributed by atoms with van der Waals surface area (Å²) < 4.78 is 44.5. The molecule has 0 aliphatic carbocycles. The van der Waals surface area contributed by atoms with Crippen LogP contribution in [0.3, 0.4) is 0 Å². The second kappa shape index (κ2) is 5.90. The molecule has 1 aromatic carbocycles. The van der Waals surface area contributed by atoms with Gasteiger partial charge in [-0.05, 0) is 18.2 Å². The summed E-state index contributed by atoms with van der Waals surface area (Å²) in [6, 6.07) is 3.67. The van der Waals surface area contributed by atoms with E-state index in [0.717, 1.165) is 6.07 Å². The molecule has 1 aromatic rings. The lowest BCUT2D eigenvalue weighted by atomic mass is 10.0. The molecule has 1 fully saturated rings. The third kappa shape index (κ3) is 3.45. The minimum absolute atomic E-state index is 0.186. The summed E-state index contributed by atoms with van der Waals surface area (Å²) in [5.41, 5.74) is 4.30. The van der Waals surface area contributed by atoms with E-state index >= 15 is 0 Å². The van der Waals surface area contributed by atoms with Crippen LogP contribution in [0.2, 0.25) is 0 Å². The largest absolute Gasteiger partial charge is 0.417 e. The Morgan fingerprint density at radius 3 is 2.76 bits per heavy atom. The number of nitrogens with two attached hydrogens (primary N) is 1. The van der Waals surface area contributed by atoms with Crippen LogP contribution in [-0.4, -0.2) is 43.3 Å². The number of morpholine rings is 1. The lowest BCUT2D eigenvalue weighted by molar-refractivity contribution is -0.137. The molecule has 1 unspecified atom stereocenters. The number of hydrogen-bond acceptors (Lipinski definition) is 4. The van der Waals surface area contributed by atoms with Crippen LogP contribution in [0, 0.1) is 5.41 Å². The topological polar surface area (TPSA) is 82.6 Å². The molecule has 0 spiro atoms. The molecule has 0 radical (unpaired) electrons. The van der Waals surface area contributed by atoms with Gasteiger partial charge in [0.25, 0.3) is 0 Å². The Kier molecular flexibility index (Phi) is 4.38. The van der Waals surface area contributed by atoms with Gasteiger partial charge in [-0.2, -0.15) is 13.2 Å². The number of aliphatic hydroxyl groups excluding tert-OH is 1. The Morgan fingerprint density at radius 2 is 2.19 bits per heavy atom. The Bertz CT molecular complexity index is 534. The van der Waals surface area contributed by atoms with Crippen LogP contribution in [0.1, 0.15) is 11.1 Å². The number of ether oxygens (including phenoxy) is 1. The van der Waals surface area contributed by atoms with Crippen LogP contribution in [0.5, 0.6) is 0 Å². The number of nitrogen functional groups attached to an aromatic ring is 1. The Labute approximate surface area is 119 Å². The SMILES string of the molecule is N=C(N)c1ccc(N2CCOC(CO)C2)cc1C(F)(F)F. The van der Waals surface area contributed by atoms with Gasteiger partial charge in [0.1, 0.15) is 5.84 Å². The third-order valence-electron chi connectivity index (χ3n) is 3.31. The molecule has 2 rings (SSSR count). The fourth-order valence-corrected chi connectivity index (χ4v) is 2.26. The Hall–Kier alpha value is -1.80. The molecule has 0 amide bonds. The highest BCUT2D eigenvalue weighted by Gasteiger charge is 2.35. The highest BCUT2D eigenvalue weighted by molar-refractivity contribution is 5.97. The number of nitrogens with one attached hydrogen (secondary N) is 1. The van der Waals surface area contributed by atoms with Crippen LogP contribution < -0.4 is 10.6 Å². The first-order valence-corrected chi connectivity index (χ1v) is 6.36. The summed E-state index contributed by atoms with van der Waals surface area (Å²) >= 11 is 0. The summed E-state index contributed by atoms with van der Waals surface area (Å²) in [4.78, 5) is 1.71. The van der Waals surface area contributed by atoms with Crippen LogP contribution in [0.25, 0.3) is 0 Å². The molecule has 21 heavy (non-hydrogen) atoms. The number of benzene rings is 1. The van der Waals surface area contributed by atoms with Gasteiger partial charge in [0.15, 0.2) is 0 Å². The van der Waals surface area contributed by atoms with Gasteiger partial charge >= 0.3 is 6.18 Å². The molecule has 1 heterocycles. The Morgan fingerprint density at radius 1 is 1.48 bits per heavy atom. The summed E-state index contributed by atoms with van der Waals surface area (Å²) in [6.45, 7) is 0.898. The monoisotopic (exact) mass is 303 g/mol. The molecular formula is C13H16F3N3O2. The van der Waals surface area contributed by atoms with Gasteiger partial charge in [0.05, 0.1) is 24.9 Å². The Balaban J connectivity index is 2.35. The average molecular weight is 303 g/mol. The maximum Gasteiger partial charge on any atom is 0.417 e. The lowest BCUT2D eigenvalue weighted by Gasteiger charge is -2.34. The summed E-state index contributed by atoms with van der Waals surface area (Å²) in [7, 11) is 0. The van der Waals surface area contributed by atoms with Crippen molar-refractivity contribution >= 4 is 11.5 Å². The first-order valence-electron chi connectivity index (χ1n) is 6.36. The van der Waals surface area contributed by atoms with Gasteiger partial charge < -0.3 is 20.5 Å². The highest BCUT2D eigenvalue weighted by Crippen LogP contribution is 2.34. The smallest absolute Gasteiger partial charge is 0.394 e. The second-order valence-electron chi connectivity index (χ2n) is 4.76. The van der Waals surface area contributed by atoms with Gasteiger partial charge in [-0.3, -0.25) is 5.41 Å². The minimum Gasteiger partial charge on any atom is -0.394 e.